The summed E-state index contributed by atoms with van der Waals surface area (Å²) in [5.74, 6) is 0.211. The zero-order valence-corrected chi connectivity index (χ0v) is 10.3. The van der Waals surface area contributed by atoms with Crippen LogP contribution in [0, 0.1) is 3.57 Å². The van der Waals surface area contributed by atoms with Crippen molar-refractivity contribution in [3.63, 3.8) is 0 Å². The molecule has 0 atom stereocenters. The number of pyridine rings is 1. The van der Waals surface area contributed by atoms with Crippen molar-refractivity contribution in [3.05, 3.63) is 49.8 Å². The van der Waals surface area contributed by atoms with E-state index in [-0.39, 0.29) is 15.0 Å². The lowest BCUT2D eigenvalue weighted by molar-refractivity contribution is 0.443. The van der Waals surface area contributed by atoms with E-state index in [1.807, 2.05) is 12.1 Å². The second-order valence-corrected chi connectivity index (χ2v) is 4.26. The molecule has 2 rings (SSSR count). The number of aromatic amines is 1. The van der Waals surface area contributed by atoms with Gasteiger partial charge in [-0.05, 0) is 40.3 Å². The van der Waals surface area contributed by atoms with Gasteiger partial charge in [-0.3, -0.25) is 9.78 Å². The summed E-state index contributed by atoms with van der Waals surface area (Å²) in [5, 5.41) is 9.41. The number of halogens is 1. The third-order valence-corrected chi connectivity index (χ3v) is 2.99. The minimum absolute atomic E-state index is 0.205. The molecule has 82 valence electrons. The average Bonchev–Trinajstić information content (AvgIpc) is 2.27. The number of hydrogen-bond donors (Lipinski definition) is 2. The minimum Gasteiger partial charge on any atom is -0.492 e. The third kappa shape index (κ3) is 2.38. The predicted molar refractivity (Wildman–Crippen MR) is 66.3 cm³/mol. The summed E-state index contributed by atoms with van der Waals surface area (Å²) >= 11 is 1.75. The maximum Gasteiger partial charge on any atom is 0.268 e. The van der Waals surface area contributed by atoms with Gasteiger partial charge >= 0.3 is 0 Å². The van der Waals surface area contributed by atoms with Crippen molar-refractivity contribution in [3.8, 4) is 5.88 Å². The van der Waals surface area contributed by atoms with Gasteiger partial charge in [0.2, 0.25) is 5.88 Å². The first kappa shape index (κ1) is 11.1. The Balaban J connectivity index is 2.33. The molecule has 16 heavy (non-hydrogen) atoms. The van der Waals surface area contributed by atoms with Crippen LogP contribution in [0.25, 0.3) is 0 Å². The van der Waals surface area contributed by atoms with Gasteiger partial charge in [0.15, 0.2) is 0 Å². The van der Waals surface area contributed by atoms with E-state index in [9.17, 15) is 9.90 Å². The van der Waals surface area contributed by atoms with E-state index in [0.717, 1.165) is 5.56 Å². The van der Waals surface area contributed by atoms with Crippen LogP contribution in [-0.2, 0) is 6.42 Å². The molecule has 0 amide bonds. The summed E-state index contributed by atoms with van der Waals surface area (Å²) in [5.41, 5.74) is 0.649. The van der Waals surface area contributed by atoms with Gasteiger partial charge in [0.1, 0.15) is 9.39 Å². The van der Waals surface area contributed by atoms with Crippen LogP contribution in [0.4, 0.5) is 0 Å². The van der Waals surface area contributed by atoms with Crippen molar-refractivity contribution in [1.82, 2.24) is 15.0 Å². The number of H-pyrrole nitrogens is 1. The second-order valence-electron chi connectivity index (χ2n) is 3.18. The topological polar surface area (TPSA) is 78.9 Å². The van der Waals surface area contributed by atoms with Crippen LogP contribution in [0.1, 0.15) is 11.4 Å². The van der Waals surface area contributed by atoms with Gasteiger partial charge in [-0.2, -0.15) is 4.98 Å². The fourth-order valence-corrected chi connectivity index (χ4v) is 1.53. The summed E-state index contributed by atoms with van der Waals surface area (Å²) < 4.78 is 0.205. The molecule has 6 heteroatoms. The van der Waals surface area contributed by atoms with Crippen molar-refractivity contribution in [2.45, 2.75) is 6.42 Å². The standard InChI is InChI=1S/C10H8IN3O2/c11-8-9(15)13-7(14-10(8)16)5-6-1-3-12-4-2-6/h1-4H,5H2,(H2,13,14,15,16). The number of hydrogen-bond acceptors (Lipinski definition) is 4. The molecule has 0 radical (unpaired) electrons. The third-order valence-electron chi connectivity index (χ3n) is 2.02. The largest absolute Gasteiger partial charge is 0.492 e. The highest BCUT2D eigenvalue weighted by Gasteiger charge is 2.07. The Bertz CT molecular complexity index is 554. The van der Waals surface area contributed by atoms with Gasteiger partial charge in [0, 0.05) is 18.8 Å². The molecule has 0 spiro atoms. The van der Waals surface area contributed by atoms with Crippen LogP contribution in [-0.4, -0.2) is 20.1 Å². The molecular formula is C10H8IN3O2. The number of rotatable bonds is 2. The Morgan fingerprint density at radius 1 is 1.38 bits per heavy atom. The minimum atomic E-state index is -0.322. The fraction of sp³-hybridized carbons (Fsp3) is 0.100. The normalized spacial score (nSPS) is 10.3. The number of aromatic nitrogens is 3. The van der Waals surface area contributed by atoms with Crippen molar-refractivity contribution in [2.75, 3.05) is 0 Å². The highest BCUT2D eigenvalue weighted by Crippen LogP contribution is 2.12. The van der Waals surface area contributed by atoms with Crippen LogP contribution >= 0.6 is 22.6 Å². The molecule has 2 heterocycles. The van der Waals surface area contributed by atoms with Gasteiger partial charge in [0.25, 0.3) is 5.56 Å². The lowest BCUT2D eigenvalue weighted by atomic mass is 10.2. The van der Waals surface area contributed by atoms with E-state index >= 15 is 0 Å². The fourth-order valence-electron chi connectivity index (χ4n) is 1.27. The molecule has 5 nitrogen and oxygen atoms in total. The molecule has 0 bridgehead atoms. The number of nitrogens with one attached hydrogen (secondary N) is 1. The molecule has 0 aliphatic heterocycles. The Hall–Kier alpha value is -1.44. The second kappa shape index (κ2) is 4.60. The number of nitrogens with zero attached hydrogens (tertiary/aromatic N) is 2. The van der Waals surface area contributed by atoms with Gasteiger partial charge in [-0.15, -0.1) is 0 Å². The number of aromatic hydroxyl groups is 1. The summed E-state index contributed by atoms with van der Waals surface area (Å²) in [7, 11) is 0. The van der Waals surface area contributed by atoms with E-state index < -0.39 is 0 Å². The lowest BCUT2D eigenvalue weighted by Crippen LogP contribution is -2.14. The summed E-state index contributed by atoms with van der Waals surface area (Å²) in [6, 6.07) is 3.66. The maximum atomic E-state index is 11.4. The zero-order valence-electron chi connectivity index (χ0n) is 8.14. The van der Waals surface area contributed by atoms with E-state index in [1.165, 1.54) is 0 Å². The Labute approximate surface area is 105 Å². The van der Waals surface area contributed by atoms with E-state index in [4.69, 9.17) is 0 Å². The van der Waals surface area contributed by atoms with E-state index in [0.29, 0.717) is 12.2 Å². The highest BCUT2D eigenvalue weighted by molar-refractivity contribution is 14.1. The smallest absolute Gasteiger partial charge is 0.268 e. The molecule has 0 aromatic carbocycles. The first-order valence-corrected chi connectivity index (χ1v) is 5.61. The molecule has 0 fully saturated rings. The SMILES string of the molecule is O=c1[nH]c(Cc2ccncc2)nc(O)c1I. The van der Waals surface area contributed by atoms with E-state index in [2.05, 4.69) is 15.0 Å². The summed E-state index contributed by atoms with van der Waals surface area (Å²) in [6.07, 6.45) is 3.79. The molecule has 0 saturated heterocycles. The van der Waals surface area contributed by atoms with Crippen LogP contribution < -0.4 is 5.56 Å². The monoisotopic (exact) mass is 329 g/mol. The van der Waals surface area contributed by atoms with Gasteiger partial charge < -0.3 is 10.1 Å². The molecule has 0 saturated carbocycles. The molecular weight excluding hydrogens is 321 g/mol. The summed E-state index contributed by atoms with van der Waals surface area (Å²) in [4.78, 5) is 21.8. The van der Waals surface area contributed by atoms with Crippen molar-refractivity contribution in [1.29, 1.82) is 0 Å². The first-order chi connectivity index (χ1) is 7.66. The lowest BCUT2D eigenvalue weighted by Gasteiger charge is -2.02. The van der Waals surface area contributed by atoms with Gasteiger partial charge in [-0.25, -0.2) is 0 Å². The molecule has 2 N–H and O–H groups in total. The Morgan fingerprint density at radius 3 is 2.69 bits per heavy atom. The Kier molecular flexibility index (Phi) is 3.18. The van der Waals surface area contributed by atoms with Crippen LogP contribution in [0.15, 0.2) is 29.3 Å². The van der Waals surface area contributed by atoms with Crippen molar-refractivity contribution in [2.24, 2.45) is 0 Å². The van der Waals surface area contributed by atoms with Crippen molar-refractivity contribution >= 4 is 22.6 Å². The summed E-state index contributed by atoms with van der Waals surface area (Å²) in [6.45, 7) is 0. The van der Waals surface area contributed by atoms with Gasteiger partial charge in [0.05, 0.1) is 0 Å². The quantitative estimate of drug-likeness (QED) is 0.808. The molecule has 2 aromatic rings. The van der Waals surface area contributed by atoms with Crippen LogP contribution in [0.3, 0.4) is 0 Å². The first-order valence-electron chi connectivity index (χ1n) is 4.53. The van der Waals surface area contributed by atoms with Crippen LogP contribution in [0.5, 0.6) is 5.88 Å². The molecule has 0 unspecified atom stereocenters. The molecule has 2 aromatic heterocycles. The average molecular weight is 329 g/mol. The highest BCUT2D eigenvalue weighted by atomic mass is 127. The van der Waals surface area contributed by atoms with Gasteiger partial charge in [-0.1, -0.05) is 0 Å². The predicted octanol–water partition coefficient (Wildman–Crippen LogP) is 1.07. The molecule has 0 aliphatic carbocycles. The zero-order chi connectivity index (χ0) is 11.5. The van der Waals surface area contributed by atoms with E-state index in [1.54, 1.807) is 35.0 Å². The van der Waals surface area contributed by atoms with Crippen LogP contribution in [0.2, 0.25) is 0 Å². The van der Waals surface area contributed by atoms with Crippen molar-refractivity contribution < 1.29 is 5.11 Å². The molecule has 0 aliphatic rings. The maximum absolute atomic E-state index is 11.4. The Morgan fingerprint density at radius 2 is 2.06 bits per heavy atom.